The van der Waals surface area contributed by atoms with E-state index in [0.717, 1.165) is 12.8 Å². The highest BCUT2D eigenvalue weighted by Gasteiger charge is 2.29. The predicted molar refractivity (Wildman–Crippen MR) is 42.4 cm³/mol. The molecular weight excluding hydrogens is 180 g/mol. The number of halogens is 2. The molecule has 3 nitrogen and oxygen atoms in total. The first kappa shape index (κ1) is 10.4. The van der Waals surface area contributed by atoms with E-state index < -0.39 is 19.1 Å². The molecule has 1 fully saturated rings. The summed E-state index contributed by atoms with van der Waals surface area (Å²) in [5.41, 5.74) is 0. The number of rotatable bonds is 5. The van der Waals surface area contributed by atoms with Gasteiger partial charge in [-0.1, -0.05) is 0 Å². The van der Waals surface area contributed by atoms with E-state index in [-0.39, 0.29) is 5.91 Å². The Morgan fingerprint density at radius 2 is 2.15 bits per heavy atom. The summed E-state index contributed by atoms with van der Waals surface area (Å²) in [7, 11) is 0. The maximum atomic E-state index is 12.4. The first-order valence-corrected chi connectivity index (χ1v) is 4.29. The quantitative estimate of drug-likeness (QED) is 0.669. The average molecular weight is 193 g/mol. The lowest BCUT2D eigenvalue weighted by Crippen LogP contribution is -2.39. The second-order valence-corrected chi connectivity index (χ2v) is 3.44. The number of carbonyl (C=O) groups is 1. The van der Waals surface area contributed by atoms with Crippen LogP contribution in [-0.4, -0.2) is 30.1 Å². The highest BCUT2D eigenvalue weighted by Crippen LogP contribution is 2.32. The summed E-state index contributed by atoms with van der Waals surface area (Å²) in [6, 6.07) is 0. The summed E-state index contributed by atoms with van der Waals surface area (Å²) in [5.74, 6) is -3.16. The fraction of sp³-hybridized carbons (Fsp3) is 0.875. The van der Waals surface area contributed by atoms with Crippen molar-refractivity contribution in [2.75, 3.05) is 13.2 Å². The van der Waals surface area contributed by atoms with E-state index in [1.54, 1.807) is 0 Å². The standard InChI is InChI=1S/C8H13F2NO2/c9-8(10,5-12)4-11-7(13)3-6-1-2-6/h6,12H,1-5H2,(H,11,13). The summed E-state index contributed by atoms with van der Waals surface area (Å²) in [5, 5.41) is 10.3. The second kappa shape index (κ2) is 4.00. The number of aliphatic hydroxyl groups is 1. The summed E-state index contributed by atoms with van der Waals surface area (Å²) >= 11 is 0. The van der Waals surface area contributed by atoms with Crippen molar-refractivity contribution < 1.29 is 18.7 Å². The zero-order valence-electron chi connectivity index (χ0n) is 7.22. The van der Waals surface area contributed by atoms with Crippen LogP contribution in [-0.2, 0) is 4.79 Å². The third-order valence-corrected chi connectivity index (χ3v) is 1.95. The molecule has 0 radical (unpaired) electrons. The number of amides is 1. The molecule has 13 heavy (non-hydrogen) atoms. The smallest absolute Gasteiger partial charge is 0.287 e. The van der Waals surface area contributed by atoms with Gasteiger partial charge in [-0.05, 0) is 18.8 Å². The van der Waals surface area contributed by atoms with Gasteiger partial charge in [0.05, 0.1) is 6.54 Å². The van der Waals surface area contributed by atoms with Crippen molar-refractivity contribution in [3.63, 3.8) is 0 Å². The summed E-state index contributed by atoms with van der Waals surface area (Å²) < 4.78 is 24.8. The highest BCUT2D eigenvalue weighted by molar-refractivity contribution is 5.76. The molecule has 0 atom stereocenters. The Labute approximate surface area is 75.1 Å². The highest BCUT2D eigenvalue weighted by atomic mass is 19.3. The summed E-state index contributed by atoms with van der Waals surface area (Å²) in [4.78, 5) is 10.9. The summed E-state index contributed by atoms with van der Waals surface area (Å²) in [6.07, 6.45) is 2.37. The lowest BCUT2D eigenvalue weighted by Gasteiger charge is -2.13. The van der Waals surface area contributed by atoms with Crippen LogP contribution in [0.1, 0.15) is 19.3 Å². The SMILES string of the molecule is O=C(CC1CC1)NCC(F)(F)CO. The molecule has 0 heterocycles. The van der Waals surface area contributed by atoms with Crippen LogP contribution in [0, 0.1) is 5.92 Å². The normalized spacial score (nSPS) is 17.2. The molecule has 1 rings (SSSR count). The van der Waals surface area contributed by atoms with Crippen LogP contribution in [0.3, 0.4) is 0 Å². The van der Waals surface area contributed by atoms with Gasteiger partial charge in [0, 0.05) is 6.42 Å². The Kier molecular flexibility index (Phi) is 3.19. The molecule has 0 aromatic rings. The Bertz CT molecular complexity index is 193. The van der Waals surface area contributed by atoms with Crippen molar-refractivity contribution in [3.05, 3.63) is 0 Å². The molecule has 1 amide bonds. The van der Waals surface area contributed by atoms with Crippen molar-refractivity contribution in [2.45, 2.75) is 25.2 Å². The fourth-order valence-corrected chi connectivity index (χ4v) is 0.940. The maximum absolute atomic E-state index is 12.4. The van der Waals surface area contributed by atoms with Crippen molar-refractivity contribution in [2.24, 2.45) is 5.92 Å². The van der Waals surface area contributed by atoms with Gasteiger partial charge in [-0.25, -0.2) is 8.78 Å². The van der Waals surface area contributed by atoms with Crippen LogP contribution >= 0.6 is 0 Å². The van der Waals surface area contributed by atoms with Gasteiger partial charge >= 0.3 is 0 Å². The molecule has 0 aromatic carbocycles. The molecule has 1 saturated carbocycles. The fourth-order valence-electron chi connectivity index (χ4n) is 0.940. The lowest BCUT2D eigenvalue weighted by molar-refractivity contribution is -0.124. The molecule has 2 N–H and O–H groups in total. The molecular formula is C8H13F2NO2. The minimum atomic E-state index is -3.20. The van der Waals surface area contributed by atoms with E-state index in [1.165, 1.54) is 0 Å². The van der Waals surface area contributed by atoms with E-state index >= 15 is 0 Å². The lowest BCUT2D eigenvalue weighted by atomic mass is 10.2. The minimum Gasteiger partial charge on any atom is -0.390 e. The van der Waals surface area contributed by atoms with Crippen molar-refractivity contribution in [3.8, 4) is 0 Å². The molecule has 0 unspecified atom stereocenters. The Balaban J connectivity index is 2.13. The van der Waals surface area contributed by atoms with Crippen LogP contribution in [0.2, 0.25) is 0 Å². The molecule has 0 aromatic heterocycles. The van der Waals surface area contributed by atoms with Gasteiger partial charge in [0.15, 0.2) is 0 Å². The van der Waals surface area contributed by atoms with Gasteiger partial charge in [-0.2, -0.15) is 0 Å². The minimum absolute atomic E-state index is 0.335. The van der Waals surface area contributed by atoms with Crippen LogP contribution in [0.5, 0.6) is 0 Å². The van der Waals surface area contributed by atoms with Gasteiger partial charge in [-0.15, -0.1) is 0 Å². The van der Waals surface area contributed by atoms with Crippen LogP contribution in [0.25, 0.3) is 0 Å². The Hall–Kier alpha value is -0.710. The zero-order valence-corrected chi connectivity index (χ0v) is 7.22. The van der Waals surface area contributed by atoms with Crippen LogP contribution in [0.4, 0.5) is 8.78 Å². The maximum Gasteiger partial charge on any atom is 0.287 e. The van der Waals surface area contributed by atoms with E-state index in [9.17, 15) is 13.6 Å². The molecule has 0 aliphatic heterocycles. The Morgan fingerprint density at radius 3 is 2.62 bits per heavy atom. The topological polar surface area (TPSA) is 49.3 Å². The number of hydrogen-bond donors (Lipinski definition) is 2. The molecule has 0 saturated heterocycles. The van der Waals surface area contributed by atoms with E-state index in [4.69, 9.17) is 5.11 Å². The van der Waals surface area contributed by atoms with Gasteiger partial charge in [-0.3, -0.25) is 4.79 Å². The molecule has 0 spiro atoms. The molecule has 1 aliphatic rings. The average Bonchev–Trinajstić information content (AvgIpc) is 2.85. The number of carbonyl (C=O) groups excluding carboxylic acids is 1. The molecule has 0 bridgehead atoms. The third-order valence-electron chi connectivity index (χ3n) is 1.95. The van der Waals surface area contributed by atoms with E-state index in [2.05, 4.69) is 5.32 Å². The van der Waals surface area contributed by atoms with Crippen molar-refractivity contribution in [1.29, 1.82) is 0 Å². The Morgan fingerprint density at radius 1 is 1.54 bits per heavy atom. The van der Waals surface area contributed by atoms with Gasteiger partial charge in [0.1, 0.15) is 6.61 Å². The van der Waals surface area contributed by atoms with Gasteiger partial charge < -0.3 is 10.4 Å². The van der Waals surface area contributed by atoms with E-state index in [1.807, 2.05) is 0 Å². The summed E-state index contributed by atoms with van der Waals surface area (Å²) in [6.45, 7) is -1.99. The number of hydrogen-bond acceptors (Lipinski definition) is 2. The second-order valence-electron chi connectivity index (χ2n) is 3.44. The molecule has 1 aliphatic carbocycles. The largest absolute Gasteiger partial charge is 0.390 e. The monoisotopic (exact) mass is 193 g/mol. The third kappa shape index (κ3) is 4.17. The first-order chi connectivity index (χ1) is 6.03. The van der Waals surface area contributed by atoms with Gasteiger partial charge in [0.2, 0.25) is 5.91 Å². The number of aliphatic hydroxyl groups excluding tert-OH is 1. The van der Waals surface area contributed by atoms with Crippen LogP contribution in [0.15, 0.2) is 0 Å². The van der Waals surface area contributed by atoms with E-state index in [0.29, 0.717) is 12.3 Å². The number of nitrogens with one attached hydrogen (secondary N) is 1. The van der Waals surface area contributed by atoms with Crippen molar-refractivity contribution in [1.82, 2.24) is 5.32 Å². The first-order valence-electron chi connectivity index (χ1n) is 4.29. The molecule has 5 heteroatoms. The number of alkyl halides is 2. The van der Waals surface area contributed by atoms with Gasteiger partial charge in [0.25, 0.3) is 5.92 Å². The predicted octanol–water partition coefficient (Wildman–Crippen LogP) is 0.530. The van der Waals surface area contributed by atoms with Crippen LogP contribution < -0.4 is 5.32 Å². The van der Waals surface area contributed by atoms with Crippen molar-refractivity contribution >= 4 is 5.91 Å². The molecule has 76 valence electrons. The zero-order chi connectivity index (χ0) is 9.90.